The van der Waals surface area contributed by atoms with E-state index >= 15 is 0 Å². The SMILES string of the molecule is CCC(=O)N/N=C/c1c2c(O)c3c(O)c(C)c4c(c3c1O)C(=O)C(C)(O/C=C/C(OC)C(C)C(OC(C)=O)C(C)C(O)C(C)C(O)C(C)/C=C/C=C(\C)C(=O)N2)O4. The van der Waals surface area contributed by atoms with Gasteiger partial charge in [0.1, 0.15) is 23.4 Å². The molecule has 5 bridgehead atoms. The van der Waals surface area contributed by atoms with Crippen molar-refractivity contribution in [3.63, 3.8) is 0 Å². The van der Waals surface area contributed by atoms with E-state index in [1.807, 2.05) is 0 Å². The molecule has 3 heterocycles. The second kappa shape index (κ2) is 17.8. The van der Waals surface area contributed by atoms with E-state index in [1.54, 1.807) is 40.7 Å². The van der Waals surface area contributed by atoms with Crippen LogP contribution in [0.3, 0.4) is 0 Å². The zero-order valence-corrected chi connectivity index (χ0v) is 33.7. The molecule has 3 aliphatic rings. The number of hydrazone groups is 1. The van der Waals surface area contributed by atoms with Gasteiger partial charge >= 0.3 is 11.8 Å². The molecule has 0 aliphatic carbocycles. The van der Waals surface area contributed by atoms with Crippen LogP contribution in [0.15, 0.2) is 41.2 Å². The highest BCUT2D eigenvalue weighted by Crippen LogP contribution is 2.55. The van der Waals surface area contributed by atoms with Gasteiger partial charge in [0.25, 0.3) is 11.7 Å². The average molecular weight is 796 g/mol. The second-order valence-corrected chi connectivity index (χ2v) is 14.8. The molecule has 9 atom stereocenters. The number of aliphatic hydroxyl groups is 2. The Hall–Kier alpha value is -5.45. The third kappa shape index (κ3) is 8.77. The van der Waals surface area contributed by atoms with Gasteiger partial charge in [-0.25, -0.2) is 5.43 Å². The number of fused-ring (bicyclic) bond motifs is 14. The van der Waals surface area contributed by atoms with Gasteiger partial charge in [0, 0.05) is 67.6 Å². The highest BCUT2D eigenvalue weighted by molar-refractivity contribution is 6.23. The van der Waals surface area contributed by atoms with E-state index in [2.05, 4.69) is 15.8 Å². The quantitative estimate of drug-likeness (QED) is 0.0720. The molecular weight excluding hydrogens is 742 g/mol. The maximum atomic E-state index is 14.3. The molecule has 0 saturated carbocycles. The number of carbonyl (C=O) groups is 4. The van der Waals surface area contributed by atoms with Gasteiger partial charge in [-0.3, -0.25) is 19.2 Å². The van der Waals surface area contributed by atoms with Crippen LogP contribution in [-0.2, 0) is 28.6 Å². The summed E-state index contributed by atoms with van der Waals surface area (Å²) in [4.78, 5) is 52.1. The first-order chi connectivity index (χ1) is 26.7. The van der Waals surface area contributed by atoms with Gasteiger partial charge in [0.05, 0.1) is 53.0 Å². The van der Waals surface area contributed by atoms with Crippen LogP contribution >= 0.6 is 0 Å². The highest BCUT2D eigenvalue weighted by atomic mass is 16.7. The van der Waals surface area contributed by atoms with E-state index < -0.39 is 100 Å². The Morgan fingerprint density at radius 1 is 0.982 bits per heavy atom. The number of amides is 2. The van der Waals surface area contributed by atoms with Crippen LogP contribution in [0.2, 0.25) is 0 Å². The predicted octanol–water partition coefficient (Wildman–Crippen LogP) is 4.61. The smallest absolute Gasteiger partial charge is 0.312 e. The number of phenolic OH excluding ortho intramolecular Hbond substituents is 3. The summed E-state index contributed by atoms with van der Waals surface area (Å²) in [5, 5.41) is 63.4. The molecule has 0 radical (unpaired) electrons. The molecular formula is C41H53N3O13. The number of anilines is 1. The zero-order chi connectivity index (χ0) is 42.7. The van der Waals surface area contributed by atoms with E-state index in [-0.39, 0.29) is 45.2 Å². The minimum absolute atomic E-state index is 0.00295. The molecule has 2 amide bonds. The molecule has 0 spiro atoms. The Morgan fingerprint density at radius 3 is 2.26 bits per heavy atom. The number of aromatic hydroxyl groups is 3. The fraction of sp³-hybridized carbons (Fsp3) is 0.488. The first kappa shape index (κ1) is 44.3. The molecule has 0 fully saturated rings. The van der Waals surface area contributed by atoms with Gasteiger partial charge in [0.15, 0.2) is 5.75 Å². The summed E-state index contributed by atoms with van der Waals surface area (Å²) in [6.45, 7) is 13.8. The molecule has 7 N–H and O–H groups in total. The fourth-order valence-corrected chi connectivity index (χ4v) is 7.12. The molecule has 2 aromatic carbocycles. The minimum atomic E-state index is -2.09. The second-order valence-electron chi connectivity index (χ2n) is 14.8. The summed E-state index contributed by atoms with van der Waals surface area (Å²) in [7, 11) is 1.41. The van der Waals surface area contributed by atoms with Gasteiger partial charge in [-0.2, -0.15) is 5.10 Å². The molecule has 0 aromatic heterocycles. The number of ketones is 1. The zero-order valence-electron chi connectivity index (χ0n) is 33.7. The maximum Gasteiger partial charge on any atom is 0.312 e. The van der Waals surface area contributed by atoms with E-state index in [9.17, 15) is 44.7 Å². The van der Waals surface area contributed by atoms with Crippen molar-refractivity contribution in [2.75, 3.05) is 12.4 Å². The van der Waals surface area contributed by atoms with Crippen molar-refractivity contribution in [3.8, 4) is 23.0 Å². The predicted molar refractivity (Wildman–Crippen MR) is 210 cm³/mol. The number of aliphatic hydroxyl groups excluding tert-OH is 2. The van der Waals surface area contributed by atoms with Gasteiger partial charge in [-0.05, 0) is 19.9 Å². The minimum Gasteiger partial charge on any atom is -0.507 e. The number of rotatable bonds is 5. The summed E-state index contributed by atoms with van der Waals surface area (Å²) < 4.78 is 23.4. The lowest BCUT2D eigenvalue weighted by Gasteiger charge is -2.38. The van der Waals surface area contributed by atoms with E-state index in [4.69, 9.17) is 18.9 Å². The molecule has 3 aliphatic heterocycles. The Morgan fingerprint density at radius 2 is 1.65 bits per heavy atom. The van der Waals surface area contributed by atoms with Gasteiger partial charge in [-0.1, -0.05) is 52.8 Å². The molecule has 0 saturated heterocycles. The number of methoxy groups -OCH3 is 1. The topological polar surface area (TPSA) is 243 Å². The number of esters is 1. The molecule has 5 rings (SSSR count). The summed E-state index contributed by atoms with van der Waals surface area (Å²) >= 11 is 0. The standard InChI is InChI=1S/C41H53N3O13/c1-11-27(46)44-42-17-25-31-36(51)29-28(35(25)50)30-38(23(7)34(29)49)57-41(9,39(30)52)55-16-15-26(54-10)20(4)37(56-24(8)45)22(6)33(48)21(5)32(47)18(2)13-12-14-19(3)40(53)43-31/h12-18,20-22,26,32-33,37,47-51H,11H2,1-10H3,(H,43,53)(H,44,46)/b13-12+,16-15+,19-14+,42-17+. The van der Waals surface area contributed by atoms with Crippen LogP contribution in [-0.4, -0.2) is 92.6 Å². The lowest BCUT2D eigenvalue weighted by Crippen LogP contribution is -2.46. The van der Waals surface area contributed by atoms with Gasteiger partial charge in [0.2, 0.25) is 5.91 Å². The van der Waals surface area contributed by atoms with Gasteiger partial charge < -0.3 is 49.8 Å². The van der Waals surface area contributed by atoms with Crippen LogP contribution in [0.5, 0.6) is 23.0 Å². The lowest BCUT2D eigenvalue weighted by atomic mass is 9.78. The van der Waals surface area contributed by atoms with Crippen LogP contribution in [0.25, 0.3) is 10.8 Å². The molecule has 310 valence electrons. The lowest BCUT2D eigenvalue weighted by molar-refractivity contribution is -0.160. The van der Waals surface area contributed by atoms with Crippen molar-refractivity contribution in [2.24, 2.45) is 28.8 Å². The number of hydrogen-bond donors (Lipinski definition) is 7. The first-order valence-corrected chi connectivity index (χ1v) is 18.6. The summed E-state index contributed by atoms with van der Waals surface area (Å²) in [5.74, 6) is -9.50. The van der Waals surface area contributed by atoms with Crippen LogP contribution in [0, 0.1) is 30.6 Å². The summed E-state index contributed by atoms with van der Waals surface area (Å²) in [5.41, 5.74) is 1.39. The molecule has 9 unspecified atom stereocenters. The summed E-state index contributed by atoms with van der Waals surface area (Å²) in [6, 6.07) is 0. The first-order valence-electron chi connectivity index (χ1n) is 18.6. The number of benzene rings is 2. The third-order valence-electron chi connectivity index (χ3n) is 10.7. The largest absolute Gasteiger partial charge is 0.507 e. The Labute approximate surface area is 330 Å². The third-order valence-corrected chi connectivity index (χ3v) is 10.7. The van der Waals surface area contributed by atoms with Crippen LogP contribution in [0.4, 0.5) is 5.69 Å². The average Bonchev–Trinajstić information content (AvgIpc) is 3.44. The normalized spacial score (nSPS) is 30.6. The van der Waals surface area contributed by atoms with Crippen LogP contribution in [0.1, 0.15) is 83.3 Å². The highest BCUT2D eigenvalue weighted by Gasteiger charge is 2.50. The van der Waals surface area contributed by atoms with Crippen molar-refractivity contribution in [3.05, 3.63) is 52.8 Å². The van der Waals surface area contributed by atoms with Crippen molar-refractivity contribution >= 4 is 46.2 Å². The van der Waals surface area contributed by atoms with Crippen molar-refractivity contribution in [1.82, 2.24) is 5.43 Å². The molecule has 57 heavy (non-hydrogen) atoms. The number of ether oxygens (including phenoxy) is 4. The number of nitrogens with zero attached hydrogens (tertiary/aromatic N) is 1. The monoisotopic (exact) mass is 795 g/mol. The molecule has 2 aromatic rings. The number of carbonyl (C=O) groups excluding carboxylic acids is 4. The number of phenols is 3. The number of allylic oxidation sites excluding steroid dienone is 2. The number of Topliss-reactive ketones (excluding diaryl/α,β-unsaturated/α-hetero) is 1. The number of hydrogen-bond acceptors (Lipinski definition) is 14. The molecule has 16 heteroatoms. The maximum absolute atomic E-state index is 14.3. The fourth-order valence-electron chi connectivity index (χ4n) is 7.12. The van der Waals surface area contributed by atoms with E-state index in [1.165, 1.54) is 53.0 Å². The Kier molecular flexibility index (Phi) is 13.8. The Bertz CT molecular complexity index is 2040. The summed E-state index contributed by atoms with van der Waals surface area (Å²) in [6.07, 6.45) is 4.30. The Balaban J connectivity index is 1.98. The number of nitrogens with one attached hydrogen (secondary N) is 2. The van der Waals surface area contributed by atoms with Crippen molar-refractivity contribution < 1.29 is 63.7 Å². The van der Waals surface area contributed by atoms with Crippen molar-refractivity contribution in [1.29, 1.82) is 0 Å². The van der Waals surface area contributed by atoms with Crippen molar-refractivity contribution in [2.45, 2.75) is 98.9 Å². The van der Waals surface area contributed by atoms with E-state index in [0.717, 1.165) is 12.5 Å². The van der Waals surface area contributed by atoms with Gasteiger partial charge in [-0.15, -0.1) is 0 Å². The van der Waals surface area contributed by atoms with E-state index in [0.29, 0.717) is 0 Å². The molecule has 16 nitrogen and oxygen atoms in total. The van der Waals surface area contributed by atoms with Crippen LogP contribution < -0.4 is 15.5 Å².